The van der Waals surface area contributed by atoms with E-state index in [0.29, 0.717) is 11.5 Å². The average Bonchev–Trinajstić information content (AvgIpc) is 3.04. The molecule has 0 aliphatic rings. The molecule has 0 amide bonds. The number of rotatable bonds is 7. The lowest BCUT2D eigenvalue weighted by Crippen LogP contribution is -2.15. The molecule has 0 saturated heterocycles. The van der Waals surface area contributed by atoms with E-state index in [4.69, 9.17) is 0 Å². The zero-order valence-electron chi connectivity index (χ0n) is 14.6. The maximum Gasteiger partial charge on any atom is 0.232 e. The van der Waals surface area contributed by atoms with Gasteiger partial charge in [0.05, 0.1) is 23.3 Å². The lowest BCUT2D eigenvalue weighted by Gasteiger charge is -2.14. The summed E-state index contributed by atoms with van der Waals surface area (Å²) >= 11 is 0. The number of nitrogens with zero attached hydrogens (tertiary/aromatic N) is 4. The predicted octanol–water partition coefficient (Wildman–Crippen LogP) is 2.60. The van der Waals surface area contributed by atoms with Crippen LogP contribution < -0.4 is 15.4 Å². The molecule has 11 heteroatoms. The molecule has 2 heterocycles. The molecule has 142 valence electrons. The van der Waals surface area contributed by atoms with Gasteiger partial charge in [-0.25, -0.2) is 17.8 Å². The van der Waals surface area contributed by atoms with Gasteiger partial charge in [-0.2, -0.15) is 10.1 Å². The van der Waals surface area contributed by atoms with Gasteiger partial charge in [0.25, 0.3) is 0 Å². The summed E-state index contributed by atoms with van der Waals surface area (Å²) in [6.07, 6.45) is 2.75. The summed E-state index contributed by atoms with van der Waals surface area (Å²) in [7, 11) is -1.72. The largest absolute Gasteiger partial charge is 0.336 e. The molecule has 0 bridgehead atoms. The summed E-state index contributed by atoms with van der Waals surface area (Å²) in [5.41, 5.74) is 0.646. The number of hydrogen-bond acceptors (Lipinski definition) is 7. The number of nitrogens with one attached hydrogen (secondary N) is 3. The van der Waals surface area contributed by atoms with Crippen LogP contribution in [0.1, 0.15) is 6.92 Å². The van der Waals surface area contributed by atoms with Crippen molar-refractivity contribution < 1.29 is 12.8 Å². The Morgan fingerprint density at radius 1 is 1.15 bits per heavy atom. The third kappa shape index (κ3) is 4.70. The SMILES string of the molecule is CCS(=O)(=O)Nc1ccccc1Nc1nc(Nc2ccn(C)n2)ncc1F. The number of para-hydroxylation sites is 2. The summed E-state index contributed by atoms with van der Waals surface area (Å²) in [6, 6.07) is 8.26. The topological polar surface area (TPSA) is 114 Å². The van der Waals surface area contributed by atoms with E-state index in [0.717, 1.165) is 6.20 Å². The Bertz CT molecular complexity index is 1050. The highest BCUT2D eigenvalue weighted by molar-refractivity contribution is 7.92. The van der Waals surface area contributed by atoms with Crippen LogP contribution in [0, 0.1) is 5.82 Å². The molecule has 3 N–H and O–H groups in total. The van der Waals surface area contributed by atoms with Gasteiger partial charge in [0.1, 0.15) is 0 Å². The van der Waals surface area contributed by atoms with Gasteiger partial charge in [0.2, 0.25) is 16.0 Å². The van der Waals surface area contributed by atoms with Gasteiger partial charge in [-0.3, -0.25) is 9.40 Å². The summed E-state index contributed by atoms with van der Waals surface area (Å²) in [4.78, 5) is 7.98. The molecule has 27 heavy (non-hydrogen) atoms. The van der Waals surface area contributed by atoms with Crippen molar-refractivity contribution in [3.8, 4) is 0 Å². The first-order valence-electron chi connectivity index (χ1n) is 8.02. The predicted molar refractivity (Wildman–Crippen MR) is 101 cm³/mol. The molecule has 9 nitrogen and oxygen atoms in total. The molecule has 0 radical (unpaired) electrons. The molecule has 3 rings (SSSR count). The number of aryl methyl sites for hydroxylation is 1. The maximum absolute atomic E-state index is 14.2. The number of aromatic nitrogens is 4. The van der Waals surface area contributed by atoms with Crippen LogP contribution >= 0.6 is 0 Å². The van der Waals surface area contributed by atoms with E-state index >= 15 is 0 Å². The summed E-state index contributed by atoms with van der Waals surface area (Å²) in [5, 5.41) is 9.81. The fourth-order valence-electron chi connectivity index (χ4n) is 2.16. The fourth-order valence-corrected chi connectivity index (χ4v) is 2.82. The normalized spacial score (nSPS) is 11.2. The third-order valence-electron chi connectivity index (χ3n) is 3.52. The Morgan fingerprint density at radius 3 is 2.56 bits per heavy atom. The number of benzene rings is 1. The van der Waals surface area contributed by atoms with E-state index in [1.54, 1.807) is 48.3 Å². The van der Waals surface area contributed by atoms with E-state index in [-0.39, 0.29) is 23.2 Å². The third-order valence-corrected chi connectivity index (χ3v) is 4.81. The number of halogens is 1. The van der Waals surface area contributed by atoms with E-state index < -0.39 is 15.8 Å². The smallest absolute Gasteiger partial charge is 0.232 e. The van der Waals surface area contributed by atoms with Crippen LogP contribution in [0.5, 0.6) is 0 Å². The second-order valence-electron chi connectivity index (χ2n) is 5.57. The molecule has 0 saturated carbocycles. The van der Waals surface area contributed by atoms with Gasteiger partial charge in [0, 0.05) is 19.3 Å². The monoisotopic (exact) mass is 391 g/mol. The van der Waals surface area contributed by atoms with Crippen LogP contribution in [0.3, 0.4) is 0 Å². The van der Waals surface area contributed by atoms with Crippen molar-refractivity contribution >= 4 is 39.0 Å². The Hall–Kier alpha value is -3.21. The first kappa shape index (κ1) is 18.6. The quantitative estimate of drug-likeness (QED) is 0.567. The minimum Gasteiger partial charge on any atom is -0.336 e. The lowest BCUT2D eigenvalue weighted by atomic mass is 10.2. The second-order valence-corrected chi connectivity index (χ2v) is 7.58. The fraction of sp³-hybridized carbons (Fsp3) is 0.188. The van der Waals surface area contributed by atoms with Crippen LogP contribution in [0.15, 0.2) is 42.7 Å². The molecule has 3 aromatic rings. The highest BCUT2D eigenvalue weighted by atomic mass is 32.2. The Balaban J connectivity index is 1.86. The molecular formula is C16H18FN7O2S. The second kappa shape index (κ2) is 7.58. The van der Waals surface area contributed by atoms with E-state index in [2.05, 4.69) is 30.4 Å². The summed E-state index contributed by atoms with van der Waals surface area (Å²) < 4.78 is 41.9. The van der Waals surface area contributed by atoms with Crippen molar-refractivity contribution in [1.29, 1.82) is 0 Å². The standard InChI is InChI=1S/C16H18FN7O2S/c1-3-27(25,26)23-13-7-5-4-6-12(13)19-15-11(17)10-18-16(21-15)20-14-8-9-24(2)22-14/h4-10,23H,3H2,1-2H3,(H2,18,19,20,21,22). The van der Waals surface area contributed by atoms with Crippen molar-refractivity contribution in [3.63, 3.8) is 0 Å². The van der Waals surface area contributed by atoms with E-state index in [1.165, 1.54) is 6.92 Å². The van der Waals surface area contributed by atoms with Crippen LogP contribution in [0.25, 0.3) is 0 Å². The highest BCUT2D eigenvalue weighted by Gasteiger charge is 2.13. The molecule has 0 unspecified atom stereocenters. The molecule has 0 spiro atoms. The van der Waals surface area contributed by atoms with Gasteiger partial charge in [-0.1, -0.05) is 12.1 Å². The van der Waals surface area contributed by atoms with Gasteiger partial charge in [-0.15, -0.1) is 0 Å². The molecule has 0 aliphatic carbocycles. The van der Waals surface area contributed by atoms with Crippen molar-refractivity contribution in [2.75, 3.05) is 21.1 Å². The van der Waals surface area contributed by atoms with E-state index in [9.17, 15) is 12.8 Å². The van der Waals surface area contributed by atoms with Gasteiger partial charge < -0.3 is 10.6 Å². The molecular weight excluding hydrogens is 373 g/mol. The first-order valence-corrected chi connectivity index (χ1v) is 9.67. The van der Waals surface area contributed by atoms with Crippen LogP contribution in [0.4, 0.5) is 33.3 Å². The van der Waals surface area contributed by atoms with Crippen LogP contribution in [-0.2, 0) is 17.1 Å². The summed E-state index contributed by atoms with van der Waals surface area (Å²) in [6.45, 7) is 1.53. The zero-order chi connectivity index (χ0) is 19.4. The molecule has 2 aromatic heterocycles. The van der Waals surface area contributed by atoms with Crippen LogP contribution in [-0.4, -0.2) is 33.9 Å². The minimum atomic E-state index is -3.48. The highest BCUT2D eigenvalue weighted by Crippen LogP contribution is 2.27. The Morgan fingerprint density at radius 2 is 1.89 bits per heavy atom. The number of sulfonamides is 1. The van der Waals surface area contributed by atoms with Gasteiger partial charge in [0.15, 0.2) is 17.5 Å². The molecule has 0 fully saturated rings. The number of hydrogen-bond donors (Lipinski definition) is 3. The van der Waals surface area contributed by atoms with E-state index in [1.807, 2.05) is 0 Å². The molecule has 0 atom stereocenters. The van der Waals surface area contributed by atoms with Crippen LogP contribution in [0.2, 0.25) is 0 Å². The van der Waals surface area contributed by atoms with Crippen molar-refractivity contribution in [3.05, 3.63) is 48.5 Å². The van der Waals surface area contributed by atoms with Crippen molar-refractivity contribution in [1.82, 2.24) is 19.7 Å². The average molecular weight is 391 g/mol. The zero-order valence-corrected chi connectivity index (χ0v) is 15.5. The lowest BCUT2D eigenvalue weighted by molar-refractivity contribution is 0.602. The minimum absolute atomic E-state index is 0.0820. The number of anilines is 5. The Kier molecular flexibility index (Phi) is 5.21. The summed E-state index contributed by atoms with van der Waals surface area (Å²) in [5.74, 6) is -0.224. The van der Waals surface area contributed by atoms with Gasteiger partial charge in [-0.05, 0) is 19.1 Å². The maximum atomic E-state index is 14.2. The van der Waals surface area contributed by atoms with Crippen molar-refractivity contribution in [2.24, 2.45) is 7.05 Å². The molecule has 0 aliphatic heterocycles. The Labute approximate surface area is 155 Å². The van der Waals surface area contributed by atoms with Crippen molar-refractivity contribution in [2.45, 2.75) is 6.92 Å². The first-order chi connectivity index (χ1) is 12.9. The molecule has 1 aromatic carbocycles. The van der Waals surface area contributed by atoms with Gasteiger partial charge >= 0.3 is 0 Å².